The fourth-order valence-corrected chi connectivity index (χ4v) is 2.91. The van der Waals surface area contributed by atoms with Gasteiger partial charge in [0.2, 0.25) is 5.91 Å². The highest BCUT2D eigenvalue weighted by Crippen LogP contribution is 2.16. The fourth-order valence-electron chi connectivity index (χ4n) is 2.91. The standard InChI is InChI=1S/C16H25N3O2/c1-18-8-7-13(10-18)11-19(2)16(21)15(17)9-12-3-5-14(20)6-4-12/h3-6,13,15,20H,7-11,17H2,1-2H3/t13?,15-/m1/s1. The van der Waals surface area contributed by atoms with Crippen molar-refractivity contribution in [1.29, 1.82) is 0 Å². The molecule has 1 aliphatic heterocycles. The van der Waals surface area contributed by atoms with Crippen LogP contribution in [-0.2, 0) is 11.2 Å². The molecule has 0 aliphatic carbocycles. The van der Waals surface area contributed by atoms with Gasteiger partial charge in [-0.2, -0.15) is 0 Å². The summed E-state index contributed by atoms with van der Waals surface area (Å²) in [6.07, 6.45) is 1.63. The molecule has 0 spiro atoms. The number of phenols is 1. The van der Waals surface area contributed by atoms with Gasteiger partial charge in [0.05, 0.1) is 6.04 Å². The van der Waals surface area contributed by atoms with E-state index < -0.39 is 6.04 Å². The quantitative estimate of drug-likeness (QED) is 0.837. The lowest BCUT2D eigenvalue weighted by atomic mass is 10.0. The lowest BCUT2D eigenvalue weighted by Gasteiger charge is -2.24. The van der Waals surface area contributed by atoms with E-state index in [1.165, 1.54) is 0 Å². The van der Waals surface area contributed by atoms with Crippen LogP contribution < -0.4 is 5.73 Å². The van der Waals surface area contributed by atoms with Crippen LogP contribution in [0.25, 0.3) is 0 Å². The number of aromatic hydroxyl groups is 1. The number of amides is 1. The van der Waals surface area contributed by atoms with Gasteiger partial charge >= 0.3 is 0 Å². The molecule has 3 N–H and O–H groups in total. The van der Waals surface area contributed by atoms with Crippen molar-refractivity contribution < 1.29 is 9.90 Å². The van der Waals surface area contributed by atoms with Gasteiger partial charge in [0.15, 0.2) is 0 Å². The fraction of sp³-hybridized carbons (Fsp3) is 0.562. The van der Waals surface area contributed by atoms with E-state index in [1.807, 2.05) is 7.05 Å². The largest absolute Gasteiger partial charge is 0.508 e. The number of hydrogen-bond acceptors (Lipinski definition) is 4. The van der Waals surface area contributed by atoms with Crippen molar-refractivity contribution >= 4 is 5.91 Å². The summed E-state index contributed by atoms with van der Waals surface area (Å²) >= 11 is 0. The van der Waals surface area contributed by atoms with Gasteiger partial charge in [-0.25, -0.2) is 0 Å². The van der Waals surface area contributed by atoms with Gasteiger partial charge in [-0.3, -0.25) is 4.79 Å². The molecule has 2 atom stereocenters. The molecule has 21 heavy (non-hydrogen) atoms. The Morgan fingerprint density at radius 1 is 1.48 bits per heavy atom. The van der Waals surface area contributed by atoms with E-state index in [0.717, 1.165) is 31.6 Å². The summed E-state index contributed by atoms with van der Waals surface area (Å²) in [4.78, 5) is 16.4. The Morgan fingerprint density at radius 3 is 2.71 bits per heavy atom. The number of nitrogens with zero attached hydrogens (tertiary/aromatic N) is 2. The van der Waals surface area contributed by atoms with E-state index in [1.54, 1.807) is 29.2 Å². The summed E-state index contributed by atoms with van der Waals surface area (Å²) in [5, 5.41) is 9.26. The first kappa shape index (κ1) is 15.8. The van der Waals surface area contributed by atoms with Crippen LogP contribution in [0.15, 0.2) is 24.3 Å². The smallest absolute Gasteiger partial charge is 0.239 e. The first-order valence-electron chi connectivity index (χ1n) is 7.42. The lowest BCUT2D eigenvalue weighted by molar-refractivity contribution is -0.131. The van der Waals surface area contributed by atoms with E-state index in [9.17, 15) is 9.90 Å². The zero-order valence-electron chi connectivity index (χ0n) is 12.8. The summed E-state index contributed by atoms with van der Waals surface area (Å²) in [7, 11) is 3.94. The van der Waals surface area contributed by atoms with Crippen molar-refractivity contribution in [3.8, 4) is 5.75 Å². The zero-order chi connectivity index (χ0) is 15.4. The van der Waals surface area contributed by atoms with Gasteiger partial charge < -0.3 is 20.6 Å². The molecule has 1 aromatic carbocycles. The van der Waals surface area contributed by atoms with E-state index >= 15 is 0 Å². The van der Waals surface area contributed by atoms with Crippen LogP contribution in [0.2, 0.25) is 0 Å². The molecule has 1 amide bonds. The first-order valence-corrected chi connectivity index (χ1v) is 7.42. The summed E-state index contributed by atoms with van der Waals surface area (Å²) in [6.45, 7) is 2.92. The van der Waals surface area contributed by atoms with E-state index in [0.29, 0.717) is 12.3 Å². The number of likely N-dealkylation sites (tertiary alicyclic amines) is 1. The Kier molecular flexibility index (Phi) is 5.20. The maximum Gasteiger partial charge on any atom is 0.239 e. The SMILES string of the molecule is CN1CCC(CN(C)C(=O)[C@H](N)Cc2ccc(O)cc2)C1. The third-order valence-corrected chi connectivity index (χ3v) is 4.11. The molecule has 1 heterocycles. The van der Waals surface area contributed by atoms with Gasteiger partial charge in [-0.1, -0.05) is 12.1 Å². The van der Waals surface area contributed by atoms with E-state index in [2.05, 4.69) is 11.9 Å². The summed E-state index contributed by atoms with van der Waals surface area (Å²) < 4.78 is 0. The minimum Gasteiger partial charge on any atom is -0.508 e. The highest BCUT2D eigenvalue weighted by Gasteiger charge is 2.25. The molecule has 0 radical (unpaired) electrons. The lowest BCUT2D eigenvalue weighted by Crippen LogP contribution is -2.45. The molecule has 2 rings (SSSR count). The highest BCUT2D eigenvalue weighted by molar-refractivity contribution is 5.81. The monoisotopic (exact) mass is 291 g/mol. The van der Waals surface area contributed by atoms with E-state index in [-0.39, 0.29) is 11.7 Å². The molecule has 5 nitrogen and oxygen atoms in total. The Bertz CT molecular complexity index is 475. The Morgan fingerprint density at radius 2 is 2.14 bits per heavy atom. The molecule has 0 saturated carbocycles. The van der Waals surface area contributed by atoms with Crippen LogP contribution in [0, 0.1) is 5.92 Å². The molecule has 0 aromatic heterocycles. The minimum atomic E-state index is -0.529. The number of carbonyl (C=O) groups is 1. The van der Waals surface area contributed by atoms with Crippen LogP contribution in [0.1, 0.15) is 12.0 Å². The van der Waals surface area contributed by atoms with Crippen molar-refractivity contribution in [1.82, 2.24) is 9.80 Å². The highest BCUT2D eigenvalue weighted by atomic mass is 16.3. The van der Waals surface area contributed by atoms with Crippen molar-refractivity contribution in [2.24, 2.45) is 11.7 Å². The molecule has 0 bridgehead atoms. The number of nitrogens with two attached hydrogens (primary N) is 1. The molecule has 1 aliphatic rings. The molecular weight excluding hydrogens is 266 g/mol. The number of benzene rings is 1. The Balaban J connectivity index is 1.84. The molecule has 116 valence electrons. The van der Waals surface area contributed by atoms with Gasteiger partial charge in [-0.15, -0.1) is 0 Å². The zero-order valence-corrected chi connectivity index (χ0v) is 12.8. The molecule has 1 saturated heterocycles. The number of rotatable bonds is 5. The predicted molar refractivity (Wildman–Crippen MR) is 83.0 cm³/mol. The van der Waals surface area contributed by atoms with Crippen molar-refractivity contribution in [2.75, 3.05) is 33.7 Å². The third kappa shape index (κ3) is 4.44. The second kappa shape index (κ2) is 6.91. The molecular formula is C16H25N3O2. The number of likely N-dealkylation sites (N-methyl/N-ethyl adjacent to an activating group) is 1. The summed E-state index contributed by atoms with van der Waals surface area (Å²) in [6, 6.07) is 6.30. The van der Waals surface area contributed by atoms with Gasteiger partial charge in [0.25, 0.3) is 0 Å². The third-order valence-electron chi connectivity index (χ3n) is 4.11. The van der Waals surface area contributed by atoms with Crippen LogP contribution in [0.3, 0.4) is 0 Å². The van der Waals surface area contributed by atoms with Crippen LogP contribution in [0.5, 0.6) is 5.75 Å². The Hall–Kier alpha value is -1.59. The molecule has 1 fully saturated rings. The molecule has 5 heteroatoms. The second-order valence-electron chi connectivity index (χ2n) is 6.11. The maximum absolute atomic E-state index is 12.3. The van der Waals surface area contributed by atoms with Gasteiger partial charge in [0, 0.05) is 20.1 Å². The summed E-state index contributed by atoms with van der Waals surface area (Å²) in [5.41, 5.74) is 6.99. The average Bonchev–Trinajstić information content (AvgIpc) is 2.85. The van der Waals surface area contributed by atoms with Crippen molar-refractivity contribution in [2.45, 2.75) is 18.9 Å². The summed E-state index contributed by atoms with van der Waals surface area (Å²) in [5.74, 6) is 0.753. The number of phenolic OH excluding ortho intramolecular Hbond substituents is 1. The van der Waals surface area contributed by atoms with Crippen LogP contribution in [0.4, 0.5) is 0 Å². The van der Waals surface area contributed by atoms with Crippen molar-refractivity contribution in [3.05, 3.63) is 29.8 Å². The maximum atomic E-state index is 12.3. The number of carbonyl (C=O) groups excluding carboxylic acids is 1. The predicted octanol–water partition coefficient (Wildman–Crippen LogP) is 0.672. The molecule has 1 unspecified atom stereocenters. The van der Waals surface area contributed by atoms with E-state index in [4.69, 9.17) is 5.73 Å². The van der Waals surface area contributed by atoms with Gasteiger partial charge in [0.1, 0.15) is 5.75 Å². The molecule has 1 aromatic rings. The minimum absolute atomic E-state index is 0.0161. The average molecular weight is 291 g/mol. The van der Waals surface area contributed by atoms with Crippen LogP contribution in [-0.4, -0.2) is 60.6 Å². The topological polar surface area (TPSA) is 69.8 Å². The van der Waals surface area contributed by atoms with Crippen LogP contribution >= 0.6 is 0 Å². The van der Waals surface area contributed by atoms with Gasteiger partial charge in [-0.05, 0) is 50.0 Å². The normalized spacial score (nSPS) is 20.4. The first-order chi connectivity index (χ1) is 9.95. The van der Waals surface area contributed by atoms with Crippen molar-refractivity contribution in [3.63, 3.8) is 0 Å². The number of hydrogen-bond donors (Lipinski definition) is 2. The second-order valence-corrected chi connectivity index (χ2v) is 6.11. The Labute approximate surface area is 126 Å².